The maximum absolute atomic E-state index is 11.8. The van der Waals surface area contributed by atoms with Crippen LogP contribution in [0.3, 0.4) is 0 Å². The number of hydrogen-bond acceptors (Lipinski definition) is 3. The predicted octanol–water partition coefficient (Wildman–Crippen LogP) is 1.38. The molecule has 1 aromatic rings. The molecule has 2 heterocycles. The van der Waals surface area contributed by atoms with Crippen molar-refractivity contribution < 1.29 is 4.79 Å². The number of aryl methyl sites for hydroxylation is 1. The van der Waals surface area contributed by atoms with E-state index < -0.39 is 0 Å². The van der Waals surface area contributed by atoms with Gasteiger partial charge in [0.2, 0.25) is 0 Å². The fourth-order valence-electron chi connectivity index (χ4n) is 2.22. The summed E-state index contributed by atoms with van der Waals surface area (Å²) in [6.07, 6.45) is 7.60. The van der Waals surface area contributed by atoms with Gasteiger partial charge in [-0.3, -0.25) is 9.48 Å². The lowest BCUT2D eigenvalue weighted by Gasteiger charge is -2.22. The summed E-state index contributed by atoms with van der Waals surface area (Å²) in [4.78, 5) is 11.8. The van der Waals surface area contributed by atoms with Crippen molar-refractivity contribution in [1.29, 1.82) is 0 Å². The second-order valence-corrected chi connectivity index (χ2v) is 4.58. The van der Waals surface area contributed by atoms with Crippen molar-refractivity contribution in [2.75, 3.05) is 13.1 Å². The minimum Gasteiger partial charge on any atom is -0.316 e. The number of piperidine rings is 1. The van der Waals surface area contributed by atoms with E-state index in [1.165, 1.54) is 12.8 Å². The molecule has 1 fully saturated rings. The third-order valence-corrected chi connectivity index (χ3v) is 3.21. The van der Waals surface area contributed by atoms with Crippen molar-refractivity contribution in [2.24, 2.45) is 13.0 Å². The predicted molar refractivity (Wildman–Crippen MR) is 62.4 cm³/mol. The molecule has 0 bridgehead atoms. The maximum atomic E-state index is 11.8. The van der Waals surface area contributed by atoms with E-state index in [1.54, 1.807) is 17.1 Å². The SMILES string of the molecule is Cn1cc(C(=O)CCC2CCCNC2)cn1. The van der Waals surface area contributed by atoms with Crippen LogP contribution in [-0.4, -0.2) is 28.7 Å². The van der Waals surface area contributed by atoms with Crippen LogP contribution in [0.4, 0.5) is 0 Å². The number of Topliss-reactive ketones (excluding diaryl/α,β-unsaturated/α-hetero) is 1. The van der Waals surface area contributed by atoms with E-state index in [0.717, 1.165) is 25.1 Å². The van der Waals surface area contributed by atoms with Crippen LogP contribution < -0.4 is 5.32 Å². The van der Waals surface area contributed by atoms with Gasteiger partial charge in [0, 0.05) is 19.7 Å². The van der Waals surface area contributed by atoms with Crippen LogP contribution >= 0.6 is 0 Å². The van der Waals surface area contributed by atoms with Crippen LogP contribution in [0.1, 0.15) is 36.0 Å². The lowest BCUT2D eigenvalue weighted by atomic mass is 9.93. The Bertz CT molecular complexity index is 353. The minimum absolute atomic E-state index is 0.221. The molecule has 1 saturated heterocycles. The van der Waals surface area contributed by atoms with Crippen LogP contribution in [0.15, 0.2) is 12.4 Å². The smallest absolute Gasteiger partial charge is 0.166 e. The number of carbonyl (C=O) groups is 1. The fourth-order valence-corrected chi connectivity index (χ4v) is 2.22. The largest absolute Gasteiger partial charge is 0.316 e. The molecule has 1 aliphatic rings. The average molecular weight is 221 g/mol. The second-order valence-electron chi connectivity index (χ2n) is 4.58. The molecule has 4 heteroatoms. The molecule has 0 aliphatic carbocycles. The van der Waals surface area contributed by atoms with Gasteiger partial charge in [0.25, 0.3) is 0 Å². The Hall–Kier alpha value is -1.16. The van der Waals surface area contributed by atoms with Gasteiger partial charge in [0.1, 0.15) is 0 Å². The summed E-state index contributed by atoms with van der Waals surface area (Å²) in [6, 6.07) is 0. The van der Waals surface area contributed by atoms with E-state index >= 15 is 0 Å². The summed E-state index contributed by atoms with van der Waals surface area (Å²) in [5, 5.41) is 7.39. The van der Waals surface area contributed by atoms with Crippen LogP contribution in [0.5, 0.6) is 0 Å². The first kappa shape index (κ1) is 11.3. The Kier molecular flexibility index (Phi) is 3.72. The zero-order chi connectivity index (χ0) is 11.4. The molecule has 1 atom stereocenters. The third-order valence-electron chi connectivity index (χ3n) is 3.21. The van der Waals surface area contributed by atoms with Crippen molar-refractivity contribution in [3.8, 4) is 0 Å². The van der Waals surface area contributed by atoms with Gasteiger partial charge in [0.15, 0.2) is 5.78 Å². The molecule has 88 valence electrons. The Balaban J connectivity index is 1.79. The summed E-state index contributed by atoms with van der Waals surface area (Å²) in [5.41, 5.74) is 0.742. The van der Waals surface area contributed by atoms with E-state index in [-0.39, 0.29) is 5.78 Å². The van der Waals surface area contributed by atoms with Gasteiger partial charge in [-0.25, -0.2) is 0 Å². The highest BCUT2D eigenvalue weighted by Gasteiger charge is 2.15. The van der Waals surface area contributed by atoms with Crippen LogP contribution in [0.2, 0.25) is 0 Å². The molecular formula is C12H19N3O. The molecule has 4 nitrogen and oxygen atoms in total. The molecule has 0 aromatic carbocycles. The van der Waals surface area contributed by atoms with Crippen molar-refractivity contribution in [3.05, 3.63) is 18.0 Å². The molecule has 1 N–H and O–H groups in total. The second kappa shape index (κ2) is 5.25. The first-order valence-corrected chi connectivity index (χ1v) is 5.98. The van der Waals surface area contributed by atoms with Gasteiger partial charge in [-0.15, -0.1) is 0 Å². The molecule has 1 aliphatic heterocycles. The molecule has 0 spiro atoms. The topological polar surface area (TPSA) is 46.9 Å². The first-order chi connectivity index (χ1) is 7.75. The molecule has 1 aromatic heterocycles. The Morgan fingerprint density at radius 1 is 1.69 bits per heavy atom. The van der Waals surface area contributed by atoms with Crippen molar-refractivity contribution in [2.45, 2.75) is 25.7 Å². The quantitative estimate of drug-likeness (QED) is 0.781. The van der Waals surface area contributed by atoms with Gasteiger partial charge in [0.05, 0.1) is 11.8 Å². The van der Waals surface area contributed by atoms with E-state index in [1.807, 2.05) is 7.05 Å². The number of aromatic nitrogens is 2. The number of nitrogens with one attached hydrogen (secondary N) is 1. The number of hydrogen-bond donors (Lipinski definition) is 1. The highest BCUT2D eigenvalue weighted by molar-refractivity contribution is 5.95. The summed E-state index contributed by atoms with van der Waals surface area (Å²) in [5.74, 6) is 0.896. The first-order valence-electron chi connectivity index (χ1n) is 5.98. The Morgan fingerprint density at radius 2 is 2.56 bits per heavy atom. The molecule has 0 radical (unpaired) electrons. The maximum Gasteiger partial charge on any atom is 0.166 e. The molecule has 2 rings (SSSR count). The summed E-state index contributed by atoms with van der Waals surface area (Å²) in [6.45, 7) is 2.20. The normalized spacial score (nSPS) is 20.9. The van der Waals surface area contributed by atoms with E-state index in [2.05, 4.69) is 10.4 Å². The van der Waals surface area contributed by atoms with Crippen LogP contribution in [-0.2, 0) is 7.05 Å². The van der Waals surface area contributed by atoms with E-state index in [0.29, 0.717) is 12.3 Å². The van der Waals surface area contributed by atoms with Gasteiger partial charge in [-0.2, -0.15) is 5.10 Å². The van der Waals surface area contributed by atoms with Gasteiger partial charge < -0.3 is 5.32 Å². The molecule has 0 amide bonds. The van der Waals surface area contributed by atoms with Gasteiger partial charge in [-0.05, 0) is 38.3 Å². The number of carbonyl (C=O) groups excluding carboxylic acids is 1. The van der Waals surface area contributed by atoms with Crippen molar-refractivity contribution in [3.63, 3.8) is 0 Å². The lowest BCUT2D eigenvalue weighted by Crippen LogP contribution is -2.29. The van der Waals surface area contributed by atoms with Gasteiger partial charge >= 0.3 is 0 Å². The minimum atomic E-state index is 0.221. The highest BCUT2D eigenvalue weighted by atomic mass is 16.1. The van der Waals surface area contributed by atoms with Crippen molar-refractivity contribution >= 4 is 5.78 Å². The van der Waals surface area contributed by atoms with E-state index in [9.17, 15) is 4.79 Å². The Labute approximate surface area is 96.0 Å². The monoisotopic (exact) mass is 221 g/mol. The standard InChI is InChI=1S/C12H19N3O/c1-15-9-11(8-14-15)12(16)5-4-10-3-2-6-13-7-10/h8-10,13H,2-7H2,1H3. The molecule has 0 saturated carbocycles. The number of ketones is 1. The fraction of sp³-hybridized carbons (Fsp3) is 0.667. The number of nitrogens with zero attached hydrogens (tertiary/aromatic N) is 2. The summed E-state index contributed by atoms with van der Waals surface area (Å²) < 4.78 is 1.68. The third kappa shape index (κ3) is 2.92. The summed E-state index contributed by atoms with van der Waals surface area (Å²) >= 11 is 0. The lowest BCUT2D eigenvalue weighted by molar-refractivity contribution is 0.0971. The zero-order valence-corrected chi connectivity index (χ0v) is 9.78. The van der Waals surface area contributed by atoms with Crippen LogP contribution in [0.25, 0.3) is 0 Å². The molecule has 1 unspecified atom stereocenters. The average Bonchev–Trinajstić information content (AvgIpc) is 2.74. The summed E-state index contributed by atoms with van der Waals surface area (Å²) in [7, 11) is 1.84. The van der Waals surface area contributed by atoms with Gasteiger partial charge in [-0.1, -0.05) is 0 Å². The molecule has 16 heavy (non-hydrogen) atoms. The highest BCUT2D eigenvalue weighted by Crippen LogP contribution is 2.17. The zero-order valence-electron chi connectivity index (χ0n) is 9.78. The number of rotatable bonds is 4. The molecular weight excluding hydrogens is 202 g/mol. The Morgan fingerprint density at radius 3 is 3.19 bits per heavy atom. The van der Waals surface area contributed by atoms with E-state index in [4.69, 9.17) is 0 Å². The van der Waals surface area contributed by atoms with Crippen molar-refractivity contribution in [1.82, 2.24) is 15.1 Å². The van der Waals surface area contributed by atoms with Crippen LogP contribution in [0, 0.1) is 5.92 Å².